The van der Waals surface area contributed by atoms with Gasteiger partial charge in [-0.25, -0.2) is 4.79 Å². The van der Waals surface area contributed by atoms with E-state index in [0.29, 0.717) is 6.61 Å². The number of rotatable bonds is 3. The van der Waals surface area contributed by atoms with Crippen LogP contribution in [0.5, 0.6) is 0 Å². The highest BCUT2D eigenvalue weighted by molar-refractivity contribution is 5.83. The second-order valence-electron chi connectivity index (χ2n) is 6.16. The summed E-state index contributed by atoms with van der Waals surface area (Å²) in [4.78, 5) is 9.71. The highest BCUT2D eigenvalue weighted by Gasteiger charge is 2.03. The summed E-state index contributed by atoms with van der Waals surface area (Å²) in [6, 6.07) is 14.7. The molecule has 0 amide bonds. The zero-order valence-corrected chi connectivity index (χ0v) is 14.7. The number of carbonyl (C=O) groups is 1. The van der Waals surface area contributed by atoms with Crippen LogP contribution in [0.3, 0.4) is 0 Å². The van der Waals surface area contributed by atoms with E-state index >= 15 is 0 Å². The molecule has 0 aliphatic heterocycles. The third-order valence-electron chi connectivity index (χ3n) is 2.80. The number of carboxylic acids is 1. The van der Waals surface area contributed by atoms with Gasteiger partial charge in [-0.1, -0.05) is 42.2 Å². The average Bonchev–Trinajstić information content (AvgIpc) is 2.53. The maximum absolute atomic E-state index is 9.71. The highest BCUT2D eigenvalue weighted by atomic mass is 16.5. The second-order valence-corrected chi connectivity index (χ2v) is 6.16. The van der Waals surface area contributed by atoms with Crippen LogP contribution in [0.1, 0.15) is 33.3 Å². The molecule has 0 aliphatic rings. The van der Waals surface area contributed by atoms with Crippen LogP contribution in [0.25, 0.3) is 10.8 Å². The van der Waals surface area contributed by atoms with Crippen molar-refractivity contribution in [2.24, 2.45) is 5.41 Å². The molecule has 0 aromatic heterocycles. The van der Waals surface area contributed by atoms with Crippen LogP contribution in [-0.2, 0) is 9.53 Å². The minimum absolute atomic E-state index is 0.0612. The predicted octanol–water partition coefficient (Wildman–Crippen LogP) is 4.86. The van der Waals surface area contributed by atoms with Gasteiger partial charge < -0.3 is 9.84 Å². The Morgan fingerprint density at radius 1 is 1.17 bits per heavy atom. The summed E-state index contributed by atoms with van der Waals surface area (Å²) in [6.45, 7) is 8.67. The molecule has 2 rings (SSSR count). The fraction of sp³-hybridized carbons (Fsp3) is 0.286. The molecule has 0 fully saturated rings. The number of fused-ring (bicyclic) bond motifs is 1. The van der Waals surface area contributed by atoms with E-state index < -0.39 is 5.97 Å². The molecule has 0 saturated heterocycles. The maximum Gasteiger partial charge on any atom is 0.331 e. The Bertz CT molecular complexity index is 756. The maximum atomic E-state index is 9.71. The van der Waals surface area contributed by atoms with E-state index in [4.69, 9.17) is 5.11 Å². The molecule has 0 spiro atoms. The van der Waals surface area contributed by atoms with Crippen molar-refractivity contribution in [3.05, 3.63) is 60.4 Å². The Labute approximate surface area is 144 Å². The van der Waals surface area contributed by atoms with Gasteiger partial charge >= 0.3 is 5.97 Å². The number of hydrogen-bond donors (Lipinski definition) is 1. The molecule has 24 heavy (non-hydrogen) atoms. The summed E-state index contributed by atoms with van der Waals surface area (Å²) >= 11 is 0. The zero-order valence-electron chi connectivity index (χ0n) is 14.7. The van der Waals surface area contributed by atoms with Crippen LogP contribution in [0.2, 0.25) is 0 Å². The van der Waals surface area contributed by atoms with E-state index in [-0.39, 0.29) is 5.41 Å². The van der Waals surface area contributed by atoms with Crippen molar-refractivity contribution in [2.75, 3.05) is 6.61 Å². The molecule has 0 aliphatic carbocycles. The minimum Gasteiger partial charge on any atom is -0.501 e. The average molecular weight is 324 g/mol. The molecule has 2 aromatic carbocycles. The molecule has 0 saturated carbocycles. The van der Waals surface area contributed by atoms with E-state index in [1.54, 1.807) is 6.92 Å². The lowest BCUT2D eigenvalue weighted by molar-refractivity contribution is -0.131. The summed E-state index contributed by atoms with van der Waals surface area (Å²) < 4.78 is 4.58. The van der Waals surface area contributed by atoms with E-state index in [9.17, 15) is 4.79 Å². The van der Waals surface area contributed by atoms with Gasteiger partial charge in [-0.05, 0) is 50.6 Å². The third kappa shape index (κ3) is 8.05. The lowest BCUT2D eigenvalue weighted by Crippen LogP contribution is -1.99. The van der Waals surface area contributed by atoms with E-state index in [2.05, 4.69) is 79.8 Å². The summed E-state index contributed by atoms with van der Waals surface area (Å²) in [5, 5.41) is 10.5. The van der Waals surface area contributed by atoms with Gasteiger partial charge in [-0.3, -0.25) is 0 Å². The Morgan fingerprint density at radius 2 is 1.83 bits per heavy atom. The summed E-state index contributed by atoms with van der Waals surface area (Å²) in [5.41, 5.74) is 1.15. The Hall–Kier alpha value is -2.73. The third-order valence-corrected chi connectivity index (χ3v) is 2.80. The number of aliphatic carboxylic acids is 1. The molecule has 3 heteroatoms. The Morgan fingerprint density at radius 3 is 2.42 bits per heavy atom. The van der Waals surface area contributed by atoms with Crippen molar-refractivity contribution in [1.82, 2.24) is 0 Å². The molecule has 126 valence electrons. The molecule has 3 nitrogen and oxygen atoms in total. The lowest BCUT2D eigenvalue weighted by Gasteiger charge is -2.06. The van der Waals surface area contributed by atoms with Gasteiger partial charge in [0.1, 0.15) is 0 Å². The number of carboxylic acid groups (broad SMARTS) is 1. The fourth-order valence-corrected chi connectivity index (χ4v) is 1.73. The highest BCUT2D eigenvalue weighted by Crippen LogP contribution is 2.16. The fourth-order valence-electron chi connectivity index (χ4n) is 1.73. The number of ether oxygens (including phenoxy) is 1. The van der Waals surface area contributed by atoms with Crippen molar-refractivity contribution in [2.45, 2.75) is 27.7 Å². The molecule has 0 heterocycles. The summed E-state index contributed by atoms with van der Waals surface area (Å²) in [5.74, 6) is 5.49. The zero-order chi connectivity index (χ0) is 18.0. The first-order valence-electron chi connectivity index (χ1n) is 7.85. The number of hydrogen-bond acceptors (Lipinski definition) is 2. The summed E-state index contributed by atoms with van der Waals surface area (Å²) in [7, 11) is 0. The van der Waals surface area contributed by atoms with Crippen molar-refractivity contribution >= 4 is 16.7 Å². The Kier molecular flexibility index (Phi) is 7.58. The quantitative estimate of drug-likeness (QED) is 0.498. The smallest absolute Gasteiger partial charge is 0.331 e. The van der Waals surface area contributed by atoms with Gasteiger partial charge in [0, 0.05) is 11.0 Å². The molecule has 1 N–H and O–H groups in total. The van der Waals surface area contributed by atoms with Gasteiger partial charge in [-0.15, -0.1) is 0 Å². The standard InChI is InChI=1S/C16H16.C5H8O3/c1-16(2,3)11-10-13-8-9-14-6-4-5-7-15(14)12-13;1-2-8-4-3-5(6)7/h4-9,12H,1-3H3;3-4H,2H2,1H3,(H,6,7). The van der Waals surface area contributed by atoms with Crippen LogP contribution in [0, 0.1) is 17.3 Å². The normalized spacial score (nSPS) is 10.5. The van der Waals surface area contributed by atoms with Crippen LogP contribution in [0.4, 0.5) is 0 Å². The largest absolute Gasteiger partial charge is 0.501 e. The monoisotopic (exact) mass is 324 g/mol. The van der Waals surface area contributed by atoms with Crippen molar-refractivity contribution < 1.29 is 14.6 Å². The van der Waals surface area contributed by atoms with Crippen LogP contribution >= 0.6 is 0 Å². The second kappa shape index (κ2) is 9.42. The van der Waals surface area contributed by atoms with Gasteiger partial charge in [0.05, 0.1) is 18.9 Å². The summed E-state index contributed by atoms with van der Waals surface area (Å²) in [6.07, 6.45) is 2.10. The molecule has 0 atom stereocenters. The van der Waals surface area contributed by atoms with Crippen molar-refractivity contribution in [3.63, 3.8) is 0 Å². The lowest BCUT2D eigenvalue weighted by atomic mass is 9.97. The Balaban J connectivity index is 0.000000307. The van der Waals surface area contributed by atoms with Crippen molar-refractivity contribution in [3.8, 4) is 11.8 Å². The number of benzene rings is 2. The van der Waals surface area contributed by atoms with E-state index in [0.717, 1.165) is 17.9 Å². The SMILES string of the molecule is CC(C)(C)C#Cc1ccc2ccccc2c1.CCOC=CC(=O)O. The first kappa shape index (κ1) is 19.3. The topological polar surface area (TPSA) is 46.5 Å². The van der Waals surface area contributed by atoms with E-state index in [1.165, 1.54) is 10.8 Å². The van der Waals surface area contributed by atoms with Crippen LogP contribution in [0.15, 0.2) is 54.8 Å². The van der Waals surface area contributed by atoms with E-state index in [1.807, 2.05) is 0 Å². The molecule has 0 radical (unpaired) electrons. The predicted molar refractivity (Wildman–Crippen MR) is 98.7 cm³/mol. The van der Waals surface area contributed by atoms with Gasteiger partial charge in [0.15, 0.2) is 0 Å². The first-order chi connectivity index (χ1) is 11.3. The molecule has 0 unspecified atom stereocenters. The molecule has 2 aromatic rings. The van der Waals surface area contributed by atoms with Crippen LogP contribution < -0.4 is 0 Å². The van der Waals surface area contributed by atoms with Crippen molar-refractivity contribution in [1.29, 1.82) is 0 Å². The molecule has 0 bridgehead atoms. The molecular weight excluding hydrogens is 300 g/mol. The van der Waals surface area contributed by atoms with Crippen LogP contribution in [-0.4, -0.2) is 17.7 Å². The minimum atomic E-state index is -0.988. The first-order valence-corrected chi connectivity index (χ1v) is 7.85. The van der Waals surface area contributed by atoms with Gasteiger partial charge in [-0.2, -0.15) is 0 Å². The van der Waals surface area contributed by atoms with Gasteiger partial charge in [0.2, 0.25) is 0 Å². The molecular formula is C21H24O3. The van der Waals surface area contributed by atoms with Gasteiger partial charge in [0.25, 0.3) is 0 Å².